The van der Waals surface area contributed by atoms with Crippen LogP contribution in [0.25, 0.3) is 11.0 Å². The first-order chi connectivity index (χ1) is 10.7. The highest BCUT2D eigenvalue weighted by molar-refractivity contribution is 5.82. The molecule has 3 rings (SSSR count). The van der Waals surface area contributed by atoms with E-state index in [1.54, 1.807) is 0 Å². The van der Waals surface area contributed by atoms with Crippen molar-refractivity contribution in [3.8, 4) is 0 Å². The van der Waals surface area contributed by atoms with Crippen LogP contribution in [0.15, 0.2) is 24.3 Å². The monoisotopic (exact) mass is 302 g/mol. The number of imidazole rings is 1. The highest BCUT2D eigenvalue weighted by Crippen LogP contribution is 2.20. The van der Waals surface area contributed by atoms with Gasteiger partial charge in [0, 0.05) is 19.6 Å². The number of amides is 1. The molecule has 2 N–H and O–H groups in total. The molecule has 6 nitrogen and oxygen atoms in total. The van der Waals surface area contributed by atoms with E-state index in [-0.39, 0.29) is 11.9 Å². The molecule has 0 saturated carbocycles. The molecule has 118 valence electrons. The third-order valence-electron chi connectivity index (χ3n) is 3.97. The predicted molar refractivity (Wildman–Crippen MR) is 84.6 cm³/mol. The van der Waals surface area contributed by atoms with Gasteiger partial charge in [0.2, 0.25) is 0 Å². The Bertz CT molecular complexity index is 661. The molecule has 22 heavy (non-hydrogen) atoms. The molecule has 1 aliphatic rings. The Morgan fingerprint density at radius 1 is 1.55 bits per heavy atom. The van der Waals surface area contributed by atoms with Crippen LogP contribution in [-0.4, -0.2) is 41.3 Å². The number of aryl methyl sites for hydroxylation is 1. The van der Waals surface area contributed by atoms with Crippen molar-refractivity contribution in [1.29, 1.82) is 0 Å². The number of nitrogens with zero attached hydrogens (tertiary/aromatic N) is 2. The van der Waals surface area contributed by atoms with Gasteiger partial charge in [0.15, 0.2) is 0 Å². The maximum absolute atomic E-state index is 12.3. The van der Waals surface area contributed by atoms with Crippen molar-refractivity contribution in [2.24, 2.45) is 0 Å². The Labute approximate surface area is 129 Å². The van der Waals surface area contributed by atoms with Gasteiger partial charge in [-0.25, -0.2) is 4.98 Å². The minimum atomic E-state index is -0.421. The number of aromatic nitrogens is 2. The summed E-state index contributed by atoms with van der Waals surface area (Å²) in [6, 6.07) is 7.87. The van der Waals surface area contributed by atoms with Gasteiger partial charge in [-0.1, -0.05) is 12.1 Å². The molecule has 0 aliphatic carbocycles. The van der Waals surface area contributed by atoms with Gasteiger partial charge >= 0.3 is 0 Å². The molecule has 1 aromatic carbocycles. The first-order valence-corrected chi connectivity index (χ1v) is 7.78. The number of carbonyl (C=O) groups is 1. The Morgan fingerprint density at radius 3 is 3.09 bits per heavy atom. The van der Waals surface area contributed by atoms with Gasteiger partial charge in [0.25, 0.3) is 5.91 Å². The summed E-state index contributed by atoms with van der Waals surface area (Å²) >= 11 is 0. The van der Waals surface area contributed by atoms with E-state index in [0.29, 0.717) is 13.2 Å². The molecule has 1 amide bonds. The number of hydrogen-bond acceptors (Lipinski definition) is 4. The van der Waals surface area contributed by atoms with E-state index >= 15 is 0 Å². The van der Waals surface area contributed by atoms with Crippen molar-refractivity contribution in [3.63, 3.8) is 0 Å². The van der Waals surface area contributed by atoms with Gasteiger partial charge in [-0.05, 0) is 26.0 Å². The Kier molecular flexibility index (Phi) is 4.40. The number of carbonyl (C=O) groups excluding carboxylic acids is 1. The Morgan fingerprint density at radius 2 is 2.36 bits per heavy atom. The molecule has 2 heterocycles. The van der Waals surface area contributed by atoms with Crippen LogP contribution in [0.1, 0.15) is 25.7 Å². The maximum atomic E-state index is 12.3. The molecule has 0 radical (unpaired) electrons. The molecule has 1 fully saturated rings. The summed E-state index contributed by atoms with van der Waals surface area (Å²) in [4.78, 5) is 17.0. The average Bonchev–Trinajstić information content (AvgIpc) is 2.94. The second kappa shape index (κ2) is 6.46. The number of ether oxygens (including phenoxy) is 1. The molecule has 1 aromatic heterocycles. The highest BCUT2D eigenvalue weighted by Gasteiger charge is 2.25. The predicted octanol–water partition coefficient (Wildman–Crippen LogP) is 1.22. The average molecular weight is 302 g/mol. The van der Waals surface area contributed by atoms with Gasteiger partial charge in [-0.15, -0.1) is 0 Å². The first kappa shape index (κ1) is 15.0. The number of morpholine rings is 1. The van der Waals surface area contributed by atoms with Crippen LogP contribution in [-0.2, 0) is 16.1 Å². The molecule has 6 heteroatoms. The minimum Gasteiger partial charge on any atom is -0.366 e. The normalized spacial score (nSPS) is 20.0. The summed E-state index contributed by atoms with van der Waals surface area (Å²) < 4.78 is 7.63. The molecule has 0 unspecified atom stereocenters. The van der Waals surface area contributed by atoms with Crippen LogP contribution in [0.5, 0.6) is 0 Å². The largest absolute Gasteiger partial charge is 0.366 e. The van der Waals surface area contributed by atoms with E-state index in [4.69, 9.17) is 4.74 Å². The smallest absolute Gasteiger partial charge is 0.251 e. The number of nitrogens with one attached hydrogen (secondary N) is 2. The molecule has 0 spiro atoms. The Balaban J connectivity index is 1.79. The van der Waals surface area contributed by atoms with Crippen LogP contribution in [0, 0.1) is 0 Å². The standard InChI is InChI=1S/C16H22N4O2/c1-3-20-13-7-5-4-6-12(13)19-15(20)11(2)18-16(21)14-10-17-8-9-22-14/h4-7,11,14,17H,3,8-10H2,1-2H3,(H,18,21)/t11-,14+/m0/s1. The molecule has 0 bridgehead atoms. The van der Waals surface area contributed by atoms with Gasteiger partial charge < -0.3 is 19.9 Å². The molecular formula is C16H22N4O2. The van der Waals surface area contributed by atoms with Crippen LogP contribution >= 0.6 is 0 Å². The summed E-state index contributed by atoms with van der Waals surface area (Å²) in [6.45, 7) is 6.78. The summed E-state index contributed by atoms with van der Waals surface area (Å²) in [5.41, 5.74) is 2.05. The summed E-state index contributed by atoms with van der Waals surface area (Å²) in [6.07, 6.45) is -0.421. The molecule has 2 aromatic rings. The minimum absolute atomic E-state index is 0.0885. The third-order valence-corrected chi connectivity index (χ3v) is 3.97. The van der Waals surface area contributed by atoms with E-state index in [1.807, 2.05) is 25.1 Å². The topological polar surface area (TPSA) is 68.2 Å². The lowest BCUT2D eigenvalue weighted by molar-refractivity contribution is -0.134. The van der Waals surface area contributed by atoms with Gasteiger partial charge in [0.1, 0.15) is 11.9 Å². The Hall–Kier alpha value is -1.92. The maximum Gasteiger partial charge on any atom is 0.251 e. The molecular weight excluding hydrogens is 280 g/mol. The SMILES string of the molecule is CCn1c([C@H](C)NC(=O)[C@H]2CNCCO2)nc2ccccc21. The third kappa shape index (κ3) is 2.84. The van der Waals surface area contributed by atoms with Crippen molar-refractivity contribution in [2.45, 2.75) is 32.5 Å². The lowest BCUT2D eigenvalue weighted by Gasteiger charge is -2.24. The highest BCUT2D eigenvalue weighted by atomic mass is 16.5. The van der Waals surface area contributed by atoms with Crippen molar-refractivity contribution in [3.05, 3.63) is 30.1 Å². The van der Waals surface area contributed by atoms with Gasteiger partial charge in [-0.3, -0.25) is 4.79 Å². The summed E-state index contributed by atoms with van der Waals surface area (Å²) in [5, 5.41) is 6.18. The van der Waals surface area contributed by atoms with E-state index in [2.05, 4.69) is 33.2 Å². The van der Waals surface area contributed by atoms with Crippen molar-refractivity contribution in [2.75, 3.05) is 19.7 Å². The zero-order valence-electron chi connectivity index (χ0n) is 13.0. The number of benzene rings is 1. The van der Waals surface area contributed by atoms with Crippen LogP contribution in [0.4, 0.5) is 0 Å². The zero-order valence-corrected chi connectivity index (χ0v) is 13.0. The van der Waals surface area contributed by atoms with Crippen molar-refractivity contribution < 1.29 is 9.53 Å². The van der Waals surface area contributed by atoms with E-state index in [0.717, 1.165) is 29.9 Å². The van der Waals surface area contributed by atoms with E-state index in [9.17, 15) is 4.79 Å². The second-order valence-corrected chi connectivity index (χ2v) is 5.50. The number of rotatable bonds is 4. The van der Waals surface area contributed by atoms with Crippen molar-refractivity contribution >= 4 is 16.9 Å². The summed E-state index contributed by atoms with van der Waals surface area (Å²) in [7, 11) is 0. The van der Waals surface area contributed by atoms with Crippen LogP contribution in [0.2, 0.25) is 0 Å². The number of hydrogen-bond donors (Lipinski definition) is 2. The quantitative estimate of drug-likeness (QED) is 0.891. The van der Waals surface area contributed by atoms with Crippen molar-refractivity contribution in [1.82, 2.24) is 20.2 Å². The van der Waals surface area contributed by atoms with Gasteiger partial charge in [-0.2, -0.15) is 0 Å². The van der Waals surface area contributed by atoms with E-state index in [1.165, 1.54) is 0 Å². The summed E-state index contributed by atoms with van der Waals surface area (Å²) in [5.74, 6) is 0.787. The fourth-order valence-electron chi connectivity index (χ4n) is 2.86. The fourth-order valence-corrected chi connectivity index (χ4v) is 2.86. The van der Waals surface area contributed by atoms with E-state index < -0.39 is 6.10 Å². The zero-order chi connectivity index (χ0) is 15.5. The molecule has 2 atom stereocenters. The lowest BCUT2D eigenvalue weighted by Crippen LogP contribution is -2.48. The number of para-hydroxylation sites is 2. The lowest BCUT2D eigenvalue weighted by atomic mass is 10.2. The first-order valence-electron chi connectivity index (χ1n) is 7.78. The molecule has 1 aliphatic heterocycles. The van der Waals surface area contributed by atoms with Crippen LogP contribution in [0.3, 0.4) is 0 Å². The second-order valence-electron chi connectivity index (χ2n) is 5.50. The molecule has 1 saturated heterocycles. The van der Waals surface area contributed by atoms with Crippen LogP contribution < -0.4 is 10.6 Å². The van der Waals surface area contributed by atoms with Gasteiger partial charge in [0.05, 0.1) is 23.7 Å². The fraction of sp³-hybridized carbons (Fsp3) is 0.500. The number of fused-ring (bicyclic) bond motifs is 1.